The van der Waals surface area contributed by atoms with Crippen molar-refractivity contribution in [1.82, 2.24) is 4.98 Å². The highest BCUT2D eigenvalue weighted by molar-refractivity contribution is 7.99. The second kappa shape index (κ2) is 5.11. The Kier molecular flexibility index (Phi) is 3.54. The maximum absolute atomic E-state index is 8.90. The van der Waals surface area contributed by atoms with Gasteiger partial charge < -0.3 is 5.73 Å². The van der Waals surface area contributed by atoms with Gasteiger partial charge in [-0.3, -0.25) is 0 Å². The standard InChI is InChI=1S/C14H13N3S/c1-9-3-5-13(10(2)7-9)18-14-6-4-11(16)12(8-15)17-14/h3-7H,16H2,1-2H3. The first-order chi connectivity index (χ1) is 8.60. The van der Waals surface area contributed by atoms with Crippen LogP contribution in [0.25, 0.3) is 0 Å². The smallest absolute Gasteiger partial charge is 0.164 e. The lowest BCUT2D eigenvalue weighted by molar-refractivity contribution is 1.10. The number of hydrogen-bond donors (Lipinski definition) is 1. The van der Waals surface area contributed by atoms with Crippen molar-refractivity contribution < 1.29 is 0 Å². The molecule has 0 amide bonds. The number of nitrogen functional groups attached to an aromatic ring is 1. The van der Waals surface area contributed by atoms with Crippen LogP contribution in [0.15, 0.2) is 40.3 Å². The number of pyridine rings is 1. The van der Waals surface area contributed by atoms with Crippen molar-refractivity contribution in [1.29, 1.82) is 5.26 Å². The lowest BCUT2D eigenvalue weighted by Crippen LogP contribution is -1.94. The predicted octanol–water partition coefficient (Wildman–Crippen LogP) is 3.30. The summed E-state index contributed by atoms with van der Waals surface area (Å²) >= 11 is 1.54. The molecule has 1 heterocycles. The number of nitrogens with zero attached hydrogens (tertiary/aromatic N) is 2. The maximum Gasteiger partial charge on any atom is 0.164 e. The second-order valence-electron chi connectivity index (χ2n) is 4.07. The SMILES string of the molecule is Cc1ccc(Sc2ccc(N)c(C#N)n2)c(C)c1. The average molecular weight is 255 g/mol. The molecule has 0 aliphatic rings. The topological polar surface area (TPSA) is 62.7 Å². The molecule has 2 aromatic rings. The molecule has 2 rings (SSSR count). The molecule has 0 unspecified atom stereocenters. The molecule has 3 nitrogen and oxygen atoms in total. The highest BCUT2D eigenvalue weighted by Gasteiger charge is 2.06. The predicted molar refractivity (Wildman–Crippen MR) is 73.4 cm³/mol. The molecule has 18 heavy (non-hydrogen) atoms. The number of benzene rings is 1. The monoisotopic (exact) mass is 255 g/mol. The maximum atomic E-state index is 8.90. The summed E-state index contributed by atoms with van der Waals surface area (Å²) in [7, 11) is 0. The fourth-order valence-electron chi connectivity index (χ4n) is 1.62. The van der Waals surface area contributed by atoms with Gasteiger partial charge in [-0.1, -0.05) is 29.5 Å². The van der Waals surface area contributed by atoms with Crippen LogP contribution in [0.5, 0.6) is 0 Å². The quantitative estimate of drug-likeness (QED) is 0.894. The lowest BCUT2D eigenvalue weighted by atomic mass is 10.2. The van der Waals surface area contributed by atoms with Gasteiger partial charge in [-0.15, -0.1) is 0 Å². The minimum atomic E-state index is 0.282. The molecule has 0 bridgehead atoms. The highest BCUT2D eigenvalue weighted by atomic mass is 32.2. The normalized spacial score (nSPS) is 10.1. The number of hydrogen-bond acceptors (Lipinski definition) is 4. The Morgan fingerprint density at radius 2 is 2.00 bits per heavy atom. The van der Waals surface area contributed by atoms with Gasteiger partial charge in [0.1, 0.15) is 11.1 Å². The van der Waals surface area contributed by atoms with Crippen molar-refractivity contribution in [3.8, 4) is 6.07 Å². The van der Waals surface area contributed by atoms with E-state index in [0.717, 1.165) is 9.92 Å². The molecule has 0 spiro atoms. The minimum absolute atomic E-state index is 0.282. The molecule has 0 aliphatic carbocycles. The average Bonchev–Trinajstić information content (AvgIpc) is 2.35. The number of nitrogens with two attached hydrogens (primary N) is 1. The van der Waals surface area contributed by atoms with Crippen LogP contribution < -0.4 is 5.73 Å². The van der Waals surface area contributed by atoms with Crippen LogP contribution in [0.3, 0.4) is 0 Å². The highest BCUT2D eigenvalue weighted by Crippen LogP contribution is 2.30. The number of nitriles is 1. The Hall–Kier alpha value is -1.99. The first-order valence-electron chi connectivity index (χ1n) is 5.52. The lowest BCUT2D eigenvalue weighted by Gasteiger charge is -2.06. The van der Waals surface area contributed by atoms with Crippen molar-refractivity contribution >= 4 is 17.4 Å². The van der Waals surface area contributed by atoms with Crippen molar-refractivity contribution in [3.63, 3.8) is 0 Å². The first-order valence-corrected chi connectivity index (χ1v) is 6.33. The molecule has 1 aromatic carbocycles. The van der Waals surface area contributed by atoms with Crippen LogP contribution >= 0.6 is 11.8 Å². The summed E-state index contributed by atoms with van der Waals surface area (Å²) in [4.78, 5) is 5.37. The van der Waals surface area contributed by atoms with Crippen molar-refractivity contribution in [2.75, 3.05) is 5.73 Å². The van der Waals surface area contributed by atoms with Crippen LogP contribution in [-0.2, 0) is 0 Å². The summed E-state index contributed by atoms with van der Waals surface area (Å²) in [5.74, 6) is 0. The van der Waals surface area contributed by atoms with Crippen LogP contribution in [0.2, 0.25) is 0 Å². The van der Waals surface area contributed by atoms with Gasteiger partial charge in [0.25, 0.3) is 0 Å². The van der Waals surface area contributed by atoms with Gasteiger partial charge in [-0.25, -0.2) is 4.98 Å². The zero-order valence-corrected chi connectivity index (χ0v) is 11.1. The van der Waals surface area contributed by atoms with Gasteiger partial charge in [0.15, 0.2) is 5.69 Å². The zero-order valence-electron chi connectivity index (χ0n) is 10.3. The van der Waals surface area contributed by atoms with Gasteiger partial charge >= 0.3 is 0 Å². The summed E-state index contributed by atoms with van der Waals surface area (Å²) in [5.41, 5.74) is 8.79. The van der Waals surface area contributed by atoms with E-state index in [0.29, 0.717) is 5.69 Å². The van der Waals surface area contributed by atoms with E-state index in [1.807, 2.05) is 12.1 Å². The number of rotatable bonds is 2. The largest absolute Gasteiger partial charge is 0.396 e. The van der Waals surface area contributed by atoms with E-state index in [4.69, 9.17) is 11.0 Å². The summed E-state index contributed by atoms with van der Waals surface area (Å²) in [6.45, 7) is 4.13. The Bertz CT molecular complexity index is 629. The van der Waals surface area contributed by atoms with E-state index >= 15 is 0 Å². The van der Waals surface area contributed by atoms with Gasteiger partial charge in [0, 0.05) is 4.90 Å². The Morgan fingerprint density at radius 1 is 1.22 bits per heavy atom. The molecule has 2 N–H and O–H groups in total. The first kappa shape index (κ1) is 12.5. The number of aryl methyl sites for hydroxylation is 2. The van der Waals surface area contributed by atoms with Gasteiger partial charge in [0.05, 0.1) is 5.69 Å². The third-order valence-electron chi connectivity index (χ3n) is 2.55. The third-order valence-corrected chi connectivity index (χ3v) is 3.67. The molecule has 0 atom stereocenters. The van der Waals surface area contributed by atoms with E-state index in [-0.39, 0.29) is 5.69 Å². The number of anilines is 1. The van der Waals surface area contributed by atoms with Gasteiger partial charge in [-0.05, 0) is 37.6 Å². The van der Waals surface area contributed by atoms with Crippen molar-refractivity contribution in [2.24, 2.45) is 0 Å². The minimum Gasteiger partial charge on any atom is -0.396 e. The van der Waals surface area contributed by atoms with Crippen molar-refractivity contribution in [3.05, 3.63) is 47.2 Å². The molecule has 1 aromatic heterocycles. The van der Waals surface area contributed by atoms with E-state index in [1.54, 1.807) is 17.8 Å². The van der Waals surface area contributed by atoms with Crippen molar-refractivity contribution in [2.45, 2.75) is 23.8 Å². The summed E-state index contributed by atoms with van der Waals surface area (Å²) in [6.07, 6.45) is 0. The third kappa shape index (κ3) is 2.63. The summed E-state index contributed by atoms with van der Waals surface area (Å²) < 4.78 is 0. The molecule has 0 aliphatic heterocycles. The Morgan fingerprint density at radius 3 is 2.67 bits per heavy atom. The van der Waals surface area contributed by atoms with E-state index in [9.17, 15) is 0 Å². The fourth-order valence-corrected chi connectivity index (χ4v) is 2.48. The number of aromatic nitrogens is 1. The molecule has 0 fully saturated rings. The zero-order chi connectivity index (χ0) is 13.1. The molecule has 90 valence electrons. The molecule has 0 radical (unpaired) electrons. The summed E-state index contributed by atoms with van der Waals surface area (Å²) in [5, 5.41) is 9.68. The van der Waals surface area contributed by atoms with Crippen LogP contribution in [0.1, 0.15) is 16.8 Å². The summed E-state index contributed by atoms with van der Waals surface area (Å²) in [6, 6.07) is 11.8. The Labute approximate surface area is 111 Å². The molecular weight excluding hydrogens is 242 g/mol. The van der Waals surface area contributed by atoms with Crippen LogP contribution in [0.4, 0.5) is 5.69 Å². The molecule has 0 saturated carbocycles. The van der Waals surface area contributed by atoms with E-state index < -0.39 is 0 Å². The van der Waals surface area contributed by atoms with Crippen LogP contribution in [-0.4, -0.2) is 4.98 Å². The van der Waals surface area contributed by atoms with Crippen LogP contribution in [0, 0.1) is 25.2 Å². The Balaban J connectivity index is 2.32. The fraction of sp³-hybridized carbons (Fsp3) is 0.143. The van der Waals surface area contributed by atoms with E-state index in [1.165, 1.54) is 11.1 Å². The molecule has 0 saturated heterocycles. The second-order valence-corrected chi connectivity index (χ2v) is 5.13. The molecular formula is C14H13N3S. The molecule has 4 heteroatoms. The van der Waals surface area contributed by atoms with E-state index in [2.05, 4.69) is 37.0 Å². The van der Waals surface area contributed by atoms with Gasteiger partial charge in [0.2, 0.25) is 0 Å². The van der Waals surface area contributed by atoms with Gasteiger partial charge in [-0.2, -0.15) is 5.26 Å².